The lowest BCUT2D eigenvalue weighted by molar-refractivity contribution is -0.384. The van der Waals surface area contributed by atoms with E-state index in [2.05, 4.69) is 33.2 Å². The smallest absolute Gasteiger partial charge is 0.329 e. The first-order valence-electron chi connectivity index (χ1n) is 12.7. The van der Waals surface area contributed by atoms with Gasteiger partial charge >= 0.3 is 6.03 Å². The highest BCUT2D eigenvalue weighted by Gasteiger charge is 2.35. The van der Waals surface area contributed by atoms with Crippen molar-refractivity contribution in [2.75, 3.05) is 18.5 Å². The lowest BCUT2D eigenvalue weighted by Gasteiger charge is -2.15. The Hall–Kier alpha value is -4.46. The predicted molar refractivity (Wildman–Crippen MR) is 160 cm³/mol. The average Bonchev–Trinajstić information content (AvgIpc) is 3.20. The van der Waals surface area contributed by atoms with Crippen molar-refractivity contribution in [3.05, 3.63) is 96.7 Å². The number of nitro benzene ring substituents is 1. The minimum atomic E-state index is -0.692. The Morgan fingerprint density at radius 2 is 1.83 bits per heavy atom. The summed E-state index contributed by atoms with van der Waals surface area (Å²) in [4.78, 5) is 49.5. The van der Waals surface area contributed by atoms with E-state index in [4.69, 9.17) is 9.47 Å². The van der Waals surface area contributed by atoms with Crippen LogP contribution in [0.3, 0.4) is 0 Å². The number of nitro groups is 1. The third-order valence-corrected chi connectivity index (χ3v) is 6.91. The molecule has 4 amide bonds. The molecule has 0 spiro atoms. The summed E-state index contributed by atoms with van der Waals surface area (Å²) in [6, 6.07) is 16.1. The summed E-state index contributed by atoms with van der Waals surface area (Å²) in [6.45, 7) is 3.86. The van der Waals surface area contributed by atoms with E-state index in [9.17, 15) is 24.5 Å². The highest BCUT2D eigenvalue weighted by Crippen LogP contribution is 2.36. The summed E-state index contributed by atoms with van der Waals surface area (Å²) < 4.78 is 12.4. The zero-order valence-corrected chi connectivity index (χ0v) is 24.5. The molecule has 3 aromatic carbocycles. The summed E-state index contributed by atoms with van der Waals surface area (Å²) in [6.07, 6.45) is 2.23. The second-order valence-corrected chi connectivity index (χ2v) is 10.1. The maximum atomic E-state index is 13.0. The summed E-state index contributed by atoms with van der Waals surface area (Å²) in [5, 5.41) is 16.2. The van der Waals surface area contributed by atoms with Gasteiger partial charge in [-0.2, -0.15) is 0 Å². The van der Waals surface area contributed by atoms with Gasteiger partial charge in [0, 0.05) is 17.8 Å². The second-order valence-electron chi connectivity index (χ2n) is 8.91. The van der Waals surface area contributed by atoms with Crippen LogP contribution in [0.25, 0.3) is 6.08 Å². The molecule has 4 rings (SSSR count). The minimum absolute atomic E-state index is 0.00898. The van der Waals surface area contributed by atoms with E-state index in [0.29, 0.717) is 32.9 Å². The molecule has 0 radical (unpaired) electrons. The van der Waals surface area contributed by atoms with Crippen LogP contribution in [0.1, 0.15) is 30.5 Å². The Balaban J connectivity index is 1.48. The molecule has 212 valence electrons. The molecular formula is C29H27IN4O7. The van der Waals surface area contributed by atoms with Crippen LogP contribution in [-0.2, 0) is 22.6 Å². The Labute approximate surface area is 249 Å². The van der Waals surface area contributed by atoms with E-state index in [0.717, 1.165) is 22.4 Å². The number of ether oxygens (including phenoxy) is 2. The number of nitrogens with zero attached hydrogens (tertiary/aromatic N) is 2. The summed E-state index contributed by atoms with van der Waals surface area (Å²) in [5.74, 6) is -0.213. The van der Waals surface area contributed by atoms with Crippen LogP contribution in [0.15, 0.2) is 66.4 Å². The summed E-state index contributed by atoms with van der Waals surface area (Å²) >= 11 is 2.08. The van der Waals surface area contributed by atoms with Gasteiger partial charge in [0.2, 0.25) is 5.91 Å². The average molecular weight is 670 g/mol. The van der Waals surface area contributed by atoms with Gasteiger partial charge in [0.15, 0.2) is 11.5 Å². The van der Waals surface area contributed by atoms with Gasteiger partial charge in [-0.25, -0.2) is 9.69 Å². The molecular weight excluding hydrogens is 643 g/mol. The van der Waals surface area contributed by atoms with Crippen molar-refractivity contribution in [3.63, 3.8) is 0 Å². The molecule has 0 aliphatic carbocycles. The van der Waals surface area contributed by atoms with E-state index in [1.807, 2.05) is 26.0 Å². The van der Waals surface area contributed by atoms with Crippen molar-refractivity contribution in [3.8, 4) is 11.5 Å². The molecule has 1 heterocycles. The molecule has 0 saturated carbocycles. The summed E-state index contributed by atoms with van der Waals surface area (Å²) in [5.41, 5.74) is 2.91. The number of aryl methyl sites for hydroxylation is 1. The molecule has 0 unspecified atom stereocenters. The fraction of sp³-hybridized carbons (Fsp3) is 0.207. The van der Waals surface area contributed by atoms with E-state index in [-0.39, 0.29) is 18.0 Å². The number of nitrogens with one attached hydrogen (secondary N) is 2. The first-order valence-corrected chi connectivity index (χ1v) is 13.8. The minimum Gasteiger partial charge on any atom is -0.490 e. The van der Waals surface area contributed by atoms with Crippen molar-refractivity contribution < 1.29 is 28.8 Å². The van der Waals surface area contributed by atoms with Gasteiger partial charge in [0.25, 0.3) is 11.6 Å². The van der Waals surface area contributed by atoms with Crippen LogP contribution in [0.2, 0.25) is 0 Å². The predicted octanol–water partition coefficient (Wildman–Crippen LogP) is 5.27. The number of benzene rings is 3. The van der Waals surface area contributed by atoms with Crippen molar-refractivity contribution in [2.24, 2.45) is 0 Å². The molecule has 0 bridgehead atoms. The number of hydrogen-bond acceptors (Lipinski definition) is 7. The number of para-hydroxylation sites is 1. The number of urea groups is 1. The zero-order valence-electron chi connectivity index (χ0n) is 22.3. The Kier molecular flexibility index (Phi) is 9.55. The van der Waals surface area contributed by atoms with Gasteiger partial charge in [-0.3, -0.25) is 19.7 Å². The highest BCUT2D eigenvalue weighted by molar-refractivity contribution is 14.1. The number of rotatable bonds is 11. The molecule has 1 saturated heterocycles. The maximum absolute atomic E-state index is 13.0. The molecule has 0 atom stereocenters. The molecule has 0 aromatic heterocycles. The number of anilines is 1. The first-order chi connectivity index (χ1) is 19.7. The van der Waals surface area contributed by atoms with Crippen LogP contribution >= 0.6 is 22.6 Å². The monoisotopic (exact) mass is 670 g/mol. The summed E-state index contributed by atoms with van der Waals surface area (Å²) in [7, 11) is 0. The lowest BCUT2D eigenvalue weighted by Crippen LogP contribution is -2.38. The molecule has 1 aliphatic rings. The normalized spacial score (nSPS) is 13.7. The topological polar surface area (TPSA) is 140 Å². The van der Waals surface area contributed by atoms with Crippen molar-refractivity contribution >= 4 is 57.9 Å². The van der Waals surface area contributed by atoms with Crippen LogP contribution < -0.4 is 20.1 Å². The first kappa shape index (κ1) is 29.5. The van der Waals surface area contributed by atoms with E-state index in [1.54, 1.807) is 36.4 Å². The number of imide groups is 1. The van der Waals surface area contributed by atoms with Gasteiger partial charge in [-0.1, -0.05) is 25.1 Å². The van der Waals surface area contributed by atoms with Crippen LogP contribution in [0, 0.1) is 13.7 Å². The maximum Gasteiger partial charge on any atom is 0.329 e. The molecule has 41 heavy (non-hydrogen) atoms. The van der Waals surface area contributed by atoms with E-state index >= 15 is 0 Å². The van der Waals surface area contributed by atoms with Crippen molar-refractivity contribution in [1.29, 1.82) is 0 Å². The number of halogens is 1. The number of carbonyl (C=O) groups is 3. The molecule has 1 aliphatic heterocycles. The standard InChI is InChI=1S/C29H27IN4O7/c1-3-20-7-5-6-8-23(20)31-26(35)16-33-28(36)24(32-29(33)37)14-19-13-22(30)27(25(15-19)40-4-2)41-17-18-9-11-21(12-10-18)34(38)39/h5-15H,3-4,16-17H2,1-2H3,(H,31,35)(H,32,37)/b24-14+. The lowest BCUT2D eigenvalue weighted by atomic mass is 10.1. The molecule has 11 nitrogen and oxygen atoms in total. The Morgan fingerprint density at radius 1 is 1.10 bits per heavy atom. The largest absolute Gasteiger partial charge is 0.490 e. The number of non-ortho nitro benzene ring substituents is 1. The molecule has 2 N–H and O–H groups in total. The van der Waals surface area contributed by atoms with Gasteiger partial charge < -0.3 is 20.1 Å². The zero-order chi connectivity index (χ0) is 29.5. The van der Waals surface area contributed by atoms with Crippen LogP contribution in [0.5, 0.6) is 11.5 Å². The third-order valence-electron chi connectivity index (χ3n) is 6.11. The van der Waals surface area contributed by atoms with Gasteiger partial charge in [-0.15, -0.1) is 0 Å². The molecule has 1 fully saturated rings. The van der Waals surface area contributed by atoms with E-state index < -0.39 is 29.3 Å². The Bertz CT molecular complexity index is 1520. The molecule has 12 heteroatoms. The van der Waals surface area contributed by atoms with E-state index in [1.165, 1.54) is 18.2 Å². The fourth-order valence-electron chi connectivity index (χ4n) is 4.11. The Morgan fingerprint density at radius 3 is 2.51 bits per heavy atom. The quantitative estimate of drug-likeness (QED) is 0.0932. The SMILES string of the molecule is CCOc1cc(/C=C2/NC(=O)N(CC(=O)Nc3ccccc3CC)C2=O)cc(I)c1OCc1ccc([N+](=O)[O-])cc1. The fourth-order valence-corrected chi connectivity index (χ4v) is 4.89. The van der Waals surface area contributed by atoms with Crippen molar-refractivity contribution in [1.82, 2.24) is 10.2 Å². The second kappa shape index (κ2) is 13.3. The van der Waals surface area contributed by atoms with Gasteiger partial charge in [0.1, 0.15) is 18.8 Å². The van der Waals surface area contributed by atoms with Gasteiger partial charge in [-0.05, 0) is 89.0 Å². The third kappa shape index (κ3) is 7.20. The number of hydrogen-bond donors (Lipinski definition) is 2. The number of amides is 4. The van der Waals surface area contributed by atoms with Crippen LogP contribution in [0.4, 0.5) is 16.2 Å². The van der Waals surface area contributed by atoms with Gasteiger partial charge in [0.05, 0.1) is 15.1 Å². The van der Waals surface area contributed by atoms with Crippen LogP contribution in [-0.4, -0.2) is 40.8 Å². The molecule has 3 aromatic rings. The highest BCUT2D eigenvalue weighted by atomic mass is 127. The van der Waals surface area contributed by atoms with Crippen molar-refractivity contribution in [2.45, 2.75) is 26.9 Å². The number of carbonyl (C=O) groups excluding carboxylic acids is 3.